The Hall–Kier alpha value is -1.81. The first kappa shape index (κ1) is 14.6. The van der Waals surface area contributed by atoms with Crippen LogP contribution in [-0.4, -0.2) is 28.7 Å². The van der Waals surface area contributed by atoms with Gasteiger partial charge in [0.25, 0.3) is 5.17 Å². The highest BCUT2D eigenvalue weighted by atomic mass is 32.1. The van der Waals surface area contributed by atoms with Crippen molar-refractivity contribution in [2.75, 3.05) is 14.1 Å². The van der Waals surface area contributed by atoms with Gasteiger partial charge < -0.3 is 14.2 Å². The fourth-order valence-electron chi connectivity index (χ4n) is 1.97. The van der Waals surface area contributed by atoms with Crippen LogP contribution in [0.3, 0.4) is 0 Å². The predicted octanol–water partition coefficient (Wildman–Crippen LogP) is 3.52. The molecule has 0 saturated carbocycles. The molecule has 0 amide bonds. The smallest absolute Gasteiger partial charge is 0.264 e. The molecular formula is C16H20N2OS. The van der Waals surface area contributed by atoms with Crippen molar-refractivity contribution in [2.24, 2.45) is 0 Å². The number of nitrogens with zero attached hydrogens (tertiary/aromatic N) is 2. The van der Waals surface area contributed by atoms with Crippen LogP contribution in [0.15, 0.2) is 48.8 Å². The normalized spacial score (nSPS) is 11.9. The lowest BCUT2D eigenvalue weighted by Crippen LogP contribution is -2.24. The molecule has 0 radical (unpaired) electrons. The molecule has 2 rings (SSSR count). The lowest BCUT2D eigenvalue weighted by Gasteiger charge is -2.15. The van der Waals surface area contributed by atoms with E-state index in [0.29, 0.717) is 11.2 Å². The van der Waals surface area contributed by atoms with Crippen LogP contribution >= 0.6 is 12.2 Å². The molecule has 1 aromatic heterocycles. The van der Waals surface area contributed by atoms with E-state index in [1.54, 1.807) is 4.90 Å². The zero-order valence-corrected chi connectivity index (χ0v) is 12.9. The van der Waals surface area contributed by atoms with E-state index in [9.17, 15) is 0 Å². The van der Waals surface area contributed by atoms with E-state index >= 15 is 0 Å². The van der Waals surface area contributed by atoms with E-state index < -0.39 is 0 Å². The van der Waals surface area contributed by atoms with Crippen molar-refractivity contribution in [3.8, 4) is 5.75 Å². The third-order valence-corrected chi connectivity index (χ3v) is 3.61. The topological polar surface area (TPSA) is 17.4 Å². The van der Waals surface area contributed by atoms with Gasteiger partial charge >= 0.3 is 0 Å². The summed E-state index contributed by atoms with van der Waals surface area (Å²) in [6.45, 7) is 2.21. The molecule has 0 aliphatic rings. The van der Waals surface area contributed by atoms with Crippen LogP contribution in [0.25, 0.3) is 0 Å². The molecule has 0 aliphatic heterocycles. The highest BCUT2D eigenvalue weighted by Gasteiger charge is 2.06. The van der Waals surface area contributed by atoms with Gasteiger partial charge in [0.15, 0.2) is 0 Å². The number of hydrogen-bond donors (Lipinski definition) is 0. The molecule has 4 heteroatoms. The molecule has 0 fully saturated rings. The molecule has 0 saturated heterocycles. The van der Waals surface area contributed by atoms with Crippen molar-refractivity contribution in [3.05, 3.63) is 54.4 Å². The van der Waals surface area contributed by atoms with Crippen LogP contribution in [0.2, 0.25) is 0 Å². The summed E-state index contributed by atoms with van der Waals surface area (Å²) >= 11 is 5.12. The third-order valence-electron chi connectivity index (χ3n) is 3.16. The molecule has 0 N–H and O–H groups in total. The highest BCUT2D eigenvalue weighted by Crippen LogP contribution is 2.18. The second kappa shape index (κ2) is 6.57. The maximum absolute atomic E-state index is 5.56. The average molecular weight is 288 g/mol. The molecule has 3 nitrogen and oxygen atoms in total. The van der Waals surface area contributed by atoms with Crippen molar-refractivity contribution < 1.29 is 4.74 Å². The second-order valence-electron chi connectivity index (χ2n) is 5.09. The van der Waals surface area contributed by atoms with E-state index in [0.717, 1.165) is 12.2 Å². The maximum Gasteiger partial charge on any atom is 0.264 e. The molecule has 106 valence electrons. The van der Waals surface area contributed by atoms with Gasteiger partial charge in [-0.05, 0) is 55.4 Å². The quantitative estimate of drug-likeness (QED) is 0.802. The van der Waals surface area contributed by atoms with Crippen molar-refractivity contribution >= 4 is 17.4 Å². The summed E-state index contributed by atoms with van der Waals surface area (Å²) in [6.07, 6.45) is 5.18. The SMILES string of the molecule is CC(Cc1ccc(OC(=S)N(C)C)cc1)n1cccc1. The number of aromatic nitrogens is 1. The van der Waals surface area contributed by atoms with Crippen molar-refractivity contribution in [1.29, 1.82) is 0 Å². The molecule has 2 aromatic rings. The minimum Gasteiger partial charge on any atom is -0.432 e. The number of ether oxygens (including phenoxy) is 1. The minimum absolute atomic E-state index is 0.444. The standard InChI is InChI=1S/C16H20N2OS/c1-13(18-10-4-5-11-18)12-14-6-8-15(9-7-14)19-16(20)17(2)3/h4-11,13H,12H2,1-3H3. The second-order valence-corrected chi connectivity index (χ2v) is 5.44. The van der Waals surface area contributed by atoms with Gasteiger partial charge in [0.2, 0.25) is 0 Å². The molecule has 0 bridgehead atoms. The van der Waals surface area contributed by atoms with Crippen LogP contribution < -0.4 is 4.74 Å². The first-order chi connectivity index (χ1) is 9.56. The van der Waals surface area contributed by atoms with Crippen molar-refractivity contribution in [2.45, 2.75) is 19.4 Å². The van der Waals surface area contributed by atoms with Crippen LogP contribution in [0.4, 0.5) is 0 Å². The molecule has 20 heavy (non-hydrogen) atoms. The zero-order chi connectivity index (χ0) is 14.5. The zero-order valence-electron chi connectivity index (χ0n) is 12.1. The van der Waals surface area contributed by atoms with Crippen LogP contribution in [0.5, 0.6) is 5.75 Å². The third kappa shape index (κ3) is 3.84. The van der Waals surface area contributed by atoms with E-state index in [-0.39, 0.29) is 0 Å². The summed E-state index contributed by atoms with van der Waals surface area (Å²) in [6, 6.07) is 12.7. The lowest BCUT2D eigenvalue weighted by molar-refractivity contribution is 0.449. The molecule has 0 aliphatic carbocycles. The van der Waals surface area contributed by atoms with Gasteiger partial charge in [0.05, 0.1) is 0 Å². The van der Waals surface area contributed by atoms with Gasteiger partial charge in [-0.3, -0.25) is 0 Å². The molecular weight excluding hydrogens is 268 g/mol. The Balaban J connectivity index is 1.96. The maximum atomic E-state index is 5.56. The first-order valence-electron chi connectivity index (χ1n) is 6.67. The predicted molar refractivity (Wildman–Crippen MR) is 86.2 cm³/mol. The van der Waals surface area contributed by atoms with E-state index in [1.807, 2.05) is 26.2 Å². The van der Waals surface area contributed by atoms with Crippen LogP contribution in [0.1, 0.15) is 18.5 Å². The molecule has 1 aromatic carbocycles. The summed E-state index contributed by atoms with van der Waals surface area (Å²) in [5.74, 6) is 0.779. The molecule has 1 atom stereocenters. The fraction of sp³-hybridized carbons (Fsp3) is 0.312. The number of rotatable bonds is 4. The van der Waals surface area contributed by atoms with Crippen LogP contribution in [-0.2, 0) is 6.42 Å². The Kier molecular flexibility index (Phi) is 4.79. The molecule has 1 heterocycles. The Bertz CT molecular complexity index is 546. The van der Waals surface area contributed by atoms with Crippen LogP contribution in [0, 0.1) is 0 Å². The number of thiocarbonyl (C=S) groups is 1. The lowest BCUT2D eigenvalue weighted by atomic mass is 10.1. The minimum atomic E-state index is 0.444. The van der Waals surface area contributed by atoms with Crippen molar-refractivity contribution in [3.63, 3.8) is 0 Å². The summed E-state index contributed by atoms with van der Waals surface area (Å²) < 4.78 is 7.77. The first-order valence-corrected chi connectivity index (χ1v) is 7.07. The van der Waals surface area contributed by atoms with E-state index in [4.69, 9.17) is 17.0 Å². The monoisotopic (exact) mass is 288 g/mol. The van der Waals surface area contributed by atoms with Gasteiger partial charge in [0.1, 0.15) is 5.75 Å². The van der Waals surface area contributed by atoms with Gasteiger partial charge in [-0.1, -0.05) is 12.1 Å². The molecule has 1 unspecified atom stereocenters. The molecule has 0 spiro atoms. The van der Waals surface area contributed by atoms with Gasteiger partial charge in [-0.2, -0.15) is 0 Å². The summed E-state index contributed by atoms with van der Waals surface area (Å²) in [5.41, 5.74) is 1.29. The van der Waals surface area contributed by atoms with Gasteiger partial charge in [0, 0.05) is 32.5 Å². The fourth-order valence-corrected chi connectivity index (χ4v) is 2.07. The van der Waals surface area contributed by atoms with E-state index in [2.05, 4.69) is 48.1 Å². The average Bonchev–Trinajstić information content (AvgIpc) is 2.95. The highest BCUT2D eigenvalue weighted by molar-refractivity contribution is 7.80. The summed E-state index contributed by atoms with van der Waals surface area (Å²) in [5, 5.41) is 0.471. The Morgan fingerprint density at radius 1 is 1.20 bits per heavy atom. The Morgan fingerprint density at radius 2 is 1.80 bits per heavy atom. The van der Waals surface area contributed by atoms with Gasteiger partial charge in [-0.15, -0.1) is 0 Å². The van der Waals surface area contributed by atoms with E-state index in [1.165, 1.54) is 5.56 Å². The summed E-state index contributed by atoms with van der Waals surface area (Å²) in [4.78, 5) is 1.78. The Labute approximate surface area is 125 Å². The number of hydrogen-bond acceptors (Lipinski definition) is 2. The largest absolute Gasteiger partial charge is 0.432 e. The van der Waals surface area contributed by atoms with Gasteiger partial charge in [-0.25, -0.2) is 0 Å². The Morgan fingerprint density at radius 3 is 2.35 bits per heavy atom. The van der Waals surface area contributed by atoms with Crippen molar-refractivity contribution in [1.82, 2.24) is 9.47 Å². The summed E-state index contributed by atoms with van der Waals surface area (Å²) in [7, 11) is 3.74. The number of benzene rings is 1.